The zero-order chi connectivity index (χ0) is 15.4. The summed E-state index contributed by atoms with van der Waals surface area (Å²) in [5.41, 5.74) is 0. The topological polar surface area (TPSA) is 49.8 Å². The van der Waals surface area contributed by atoms with Crippen LogP contribution in [0.25, 0.3) is 0 Å². The van der Waals surface area contributed by atoms with Crippen molar-refractivity contribution in [3.63, 3.8) is 0 Å². The van der Waals surface area contributed by atoms with Gasteiger partial charge in [-0.05, 0) is 30.5 Å². The highest BCUT2D eigenvalue weighted by molar-refractivity contribution is 6.30. The summed E-state index contributed by atoms with van der Waals surface area (Å²) in [6.07, 6.45) is 0.324. The predicted molar refractivity (Wildman–Crippen MR) is 82.5 cm³/mol. The number of amides is 1. The maximum Gasteiger partial charge on any atom is 0.263 e. The Morgan fingerprint density at radius 1 is 1.52 bits per heavy atom. The Morgan fingerprint density at radius 2 is 2.29 bits per heavy atom. The van der Waals surface area contributed by atoms with Crippen molar-refractivity contribution in [2.45, 2.75) is 26.4 Å². The standard InChI is InChI=1S/C16H22ClNO3/c1-11(2)15(21-14-5-3-4-13(17)8-14)16(20)18-7-6-12(9-18)10-19/h3-5,8,11-12,15,19H,6-7,9-10H2,1-2H3. The summed E-state index contributed by atoms with van der Waals surface area (Å²) in [5.74, 6) is 0.839. The SMILES string of the molecule is CC(C)C(Oc1cccc(Cl)c1)C(=O)N1CCC(CO)C1. The Bertz CT molecular complexity index is 492. The molecule has 1 N–H and O–H groups in total. The Balaban J connectivity index is 2.06. The van der Waals surface area contributed by atoms with Crippen LogP contribution in [-0.2, 0) is 4.79 Å². The van der Waals surface area contributed by atoms with Crippen LogP contribution in [0.1, 0.15) is 20.3 Å². The molecule has 0 radical (unpaired) electrons. The van der Waals surface area contributed by atoms with Crippen LogP contribution in [0.15, 0.2) is 24.3 Å². The van der Waals surface area contributed by atoms with Gasteiger partial charge in [-0.25, -0.2) is 0 Å². The van der Waals surface area contributed by atoms with E-state index in [1.54, 1.807) is 29.2 Å². The van der Waals surface area contributed by atoms with Crippen LogP contribution in [0.2, 0.25) is 5.02 Å². The fourth-order valence-corrected chi connectivity index (χ4v) is 2.70. The van der Waals surface area contributed by atoms with Crippen molar-refractivity contribution in [3.8, 4) is 5.75 Å². The van der Waals surface area contributed by atoms with E-state index in [2.05, 4.69) is 0 Å². The molecular weight excluding hydrogens is 290 g/mol. The Labute approximate surface area is 130 Å². The molecule has 1 heterocycles. The Kier molecular flexibility index (Phi) is 5.48. The second-order valence-corrected chi connectivity index (χ2v) is 6.30. The molecule has 1 aliphatic rings. The lowest BCUT2D eigenvalue weighted by Crippen LogP contribution is -2.43. The maximum absolute atomic E-state index is 12.6. The van der Waals surface area contributed by atoms with Gasteiger partial charge in [-0.15, -0.1) is 0 Å². The van der Waals surface area contributed by atoms with Gasteiger partial charge in [0.1, 0.15) is 5.75 Å². The van der Waals surface area contributed by atoms with Crippen molar-refractivity contribution in [3.05, 3.63) is 29.3 Å². The fourth-order valence-electron chi connectivity index (χ4n) is 2.52. The molecule has 1 aromatic rings. The van der Waals surface area contributed by atoms with Gasteiger partial charge >= 0.3 is 0 Å². The van der Waals surface area contributed by atoms with Crippen molar-refractivity contribution < 1.29 is 14.6 Å². The van der Waals surface area contributed by atoms with E-state index < -0.39 is 6.10 Å². The van der Waals surface area contributed by atoms with Crippen LogP contribution in [-0.4, -0.2) is 41.7 Å². The van der Waals surface area contributed by atoms with Gasteiger partial charge in [-0.1, -0.05) is 31.5 Å². The third kappa shape index (κ3) is 4.11. The molecule has 0 bridgehead atoms. The minimum absolute atomic E-state index is 0.0130. The van der Waals surface area contributed by atoms with Crippen molar-refractivity contribution in [1.29, 1.82) is 0 Å². The van der Waals surface area contributed by atoms with E-state index in [1.807, 2.05) is 13.8 Å². The number of aliphatic hydroxyl groups excluding tert-OH is 1. The number of benzene rings is 1. The molecular formula is C16H22ClNO3. The zero-order valence-electron chi connectivity index (χ0n) is 12.5. The summed E-state index contributed by atoms with van der Waals surface area (Å²) in [5, 5.41) is 9.78. The van der Waals surface area contributed by atoms with Crippen molar-refractivity contribution in [2.75, 3.05) is 19.7 Å². The van der Waals surface area contributed by atoms with E-state index in [1.165, 1.54) is 0 Å². The van der Waals surface area contributed by atoms with Gasteiger partial charge in [0.25, 0.3) is 5.91 Å². The summed E-state index contributed by atoms with van der Waals surface area (Å²) in [6, 6.07) is 7.09. The quantitative estimate of drug-likeness (QED) is 0.909. The normalized spacial score (nSPS) is 19.9. The summed E-state index contributed by atoms with van der Waals surface area (Å²) < 4.78 is 5.86. The molecule has 2 rings (SSSR count). The molecule has 1 fully saturated rings. The minimum atomic E-state index is -0.527. The third-order valence-electron chi connectivity index (χ3n) is 3.76. The van der Waals surface area contributed by atoms with Gasteiger partial charge in [0.2, 0.25) is 0 Å². The van der Waals surface area contributed by atoms with Gasteiger partial charge in [-0.3, -0.25) is 4.79 Å². The maximum atomic E-state index is 12.6. The van der Waals surface area contributed by atoms with Crippen LogP contribution in [0.3, 0.4) is 0 Å². The fraction of sp³-hybridized carbons (Fsp3) is 0.562. The molecule has 0 saturated carbocycles. The zero-order valence-corrected chi connectivity index (χ0v) is 13.2. The van der Waals surface area contributed by atoms with E-state index in [0.717, 1.165) is 6.42 Å². The average molecular weight is 312 g/mol. The van der Waals surface area contributed by atoms with Crippen molar-refractivity contribution >= 4 is 17.5 Å². The molecule has 0 aliphatic carbocycles. The smallest absolute Gasteiger partial charge is 0.263 e. The molecule has 1 amide bonds. The van der Waals surface area contributed by atoms with Crippen LogP contribution in [0.4, 0.5) is 0 Å². The molecule has 0 aromatic heterocycles. The van der Waals surface area contributed by atoms with E-state index >= 15 is 0 Å². The van der Waals surface area contributed by atoms with Crippen molar-refractivity contribution in [2.24, 2.45) is 11.8 Å². The Morgan fingerprint density at radius 3 is 2.86 bits per heavy atom. The molecule has 2 unspecified atom stereocenters. The summed E-state index contributed by atoms with van der Waals surface area (Å²) in [6.45, 7) is 5.36. The number of halogens is 1. The first kappa shape index (κ1) is 16.1. The first-order valence-corrected chi connectivity index (χ1v) is 7.71. The summed E-state index contributed by atoms with van der Waals surface area (Å²) in [7, 11) is 0. The highest BCUT2D eigenvalue weighted by Gasteiger charge is 2.33. The van der Waals surface area contributed by atoms with E-state index in [4.69, 9.17) is 16.3 Å². The number of hydrogen-bond acceptors (Lipinski definition) is 3. The summed E-state index contributed by atoms with van der Waals surface area (Å²) >= 11 is 5.95. The highest BCUT2D eigenvalue weighted by atomic mass is 35.5. The number of likely N-dealkylation sites (tertiary alicyclic amines) is 1. The second kappa shape index (κ2) is 7.14. The number of ether oxygens (including phenoxy) is 1. The van der Waals surface area contributed by atoms with Crippen LogP contribution in [0, 0.1) is 11.8 Å². The largest absolute Gasteiger partial charge is 0.480 e. The minimum Gasteiger partial charge on any atom is -0.480 e. The van der Waals surface area contributed by atoms with E-state index in [9.17, 15) is 9.90 Å². The molecule has 1 aromatic carbocycles. The molecule has 1 saturated heterocycles. The van der Waals surface area contributed by atoms with Gasteiger partial charge in [0.05, 0.1) is 0 Å². The van der Waals surface area contributed by atoms with Crippen molar-refractivity contribution in [1.82, 2.24) is 4.90 Å². The third-order valence-corrected chi connectivity index (χ3v) is 4.00. The highest BCUT2D eigenvalue weighted by Crippen LogP contribution is 2.23. The summed E-state index contributed by atoms with van der Waals surface area (Å²) in [4.78, 5) is 14.4. The van der Waals surface area contributed by atoms with Gasteiger partial charge in [0.15, 0.2) is 6.10 Å². The van der Waals surface area contributed by atoms with Crippen LogP contribution < -0.4 is 4.74 Å². The molecule has 116 valence electrons. The van der Waals surface area contributed by atoms with E-state index in [0.29, 0.717) is 23.9 Å². The lowest BCUT2D eigenvalue weighted by atomic mass is 10.1. The molecule has 4 nitrogen and oxygen atoms in total. The molecule has 21 heavy (non-hydrogen) atoms. The monoisotopic (exact) mass is 311 g/mol. The van der Waals surface area contributed by atoms with Gasteiger partial charge < -0.3 is 14.7 Å². The number of carbonyl (C=O) groups is 1. The van der Waals surface area contributed by atoms with Crippen LogP contribution in [0.5, 0.6) is 5.75 Å². The number of aliphatic hydroxyl groups is 1. The number of carbonyl (C=O) groups excluding carboxylic acids is 1. The number of nitrogens with zero attached hydrogens (tertiary/aromatic N) is 1. The first-order valence-electron chi connectivity index (χ1n) is 7.33. The molecule has 5 heteroatoms. The molecule has 1 aliphatic heterocycles. The lowest BCUT2D eigenvalue weighted by Gasteiger charge is -2.27. The Hall–Kier alpha value is -1.26. The second-order valence-electron chi connectivity index (χ2n) is 5.86. The predicted octanol–water partition coefficient (Wildman–Crippen LogP) is 2.58. The average Bonchev–Trinajstić information content (AvgIpc) is 2.93. The number of hydrogen-bond donors (Lipinski definition) is 1. The molecule has 0 spiro atoms. The molecule has 2 atom stereocenters. The lowest BCUT2D eigenvalue weighted by molar-refractivity contribution is -0.139. The van der Waals surface area contributed by atoms with E-state index in [-0.39, 0.29) is 24.3 Å². The number of rotatable bonds is 5. The van der Waals surface area contributed by atoms with Gasteiger partial charge in [0, 0.05) is 30.6 Å². The van der Waals surface area contributed by atoms with Gasteiger partial charge in [-0.2, -0.15) is 0 Å². The van der Waals surface area contributed by atoms with Crippen LogP contribution >= 0.6 is 11.6 Å². The first-order chi connectivity index (χ1) is 10.0.